The molecule has 0 radical (unpaired) electrons. The van der Waals surface area contributed by atoms with Gasteiger partial charge in [-0.15, -0.1) is 0 Å². The molecule has 6 heteroatoms. The Balaban J connectivity index is 1.62. The number of esters is 1. The van der Waals surface area contributed by atoms with Crippen molar-refractivity contribution in [1.29, 1.82) is 0 Å². The van der Waals surface area contributed by atoms with Gasteiger partial charge in [0.25, 0.3) is 0 Å². The van der Waals surface area contributed by atoms with E-state index in [1.165, 1.54) is 12.1 Å². The first-order valence-electron chi connectivity index (χ1n) is 10.9. The highest BCUT2D eigenvalue weighted by molar-refractivity contribution is 6.31. The highest BCUT2D eigenvalue weighted by Gasteiger charge is 2.27. The lowest BCUT2D eigenvalue weighted by atomic mass is 10.1. The second-order valence-corrected chi connectivity index (χ2v) is 8.24. The number of carbonyl (C=O) groups excluding carboxylic acids is 1. The summed E-state index contributed by atoms with van der Waals surface area (Å²) in [6, 6.07) is 19.7. The topological polar surface area (TPSA) is 38.8 Å². The van der Waals surface area contributed by atoms with E-state index in [0.29, 0.717) is 28.5 Å². The molecule has 170 valence electrons. The van der Waals surface area contributed by atoms with E-state index in [1.54, 1.807) is 19.1 Å². The van der Waals surface area contributed by atoms with Gasteiger partial charge in [-0.3, -0.25) is 0 Å². The highest BCUT2D eigenvalue weighted by atomic mass is 35.5. The summed E-state index contributed by atoms with van der Waals surface area (Å²) in [5.74, 6) is -0.0173. The number of ether oxygens (including phenoxy) is 2. The van der Waals surface area contributed by atoms with Gasteiger partial charge < -0.3 is 14.4 Å². The molecule has 1 aliphatic rings. The van der Waals surface area contributed by atoms with Gasteiger partial charge in [0.15, 0.2) is 0 Å². The Labute approximate surface area is 198 Å². The van der Waals surface area contributed by atoms with E-state index in [-0.39, 0.29) is 24.4 Å². The number of nitrogens with zero attached hydrogens (tertiary/aromatic N) is 1. The molecule has 3 aromatic carbocycles. The van der Waals surface area contributed by atoms with E-state index < -0.39 is 0 Å². The quantitative estimate of drug-likeness (QED) is 0.357. The molecule has 0 fully saturated rings. The van der Waals surface area contributed by atoms with Crippen molar-refractivity contribution in [2.45, 2.75) is 32.9 Å². The SMILES string of the molecule is CCOC(=O)c1cccc(N2C(c3ccccc3OCc3ccc(F)cc3Cl)=CCC2C)c1. The summed E-state index contributed by atoms with van der Waals surface area (Å²) >= 11 is 6.17. The number of halogens is 2. The number of benzene rings is 3. The van der Waals surface area contributed by atoms with Crippen LogP contribution in [0.2, 0.25) is 5.02 Å². The third kappa shape index (κ3) is 5.04. The molecular weight excluding hydrogens is 441 g/mol. The first kappa shape index (κ1) is 22.9. The van der Waals surface area contributed by atoms with E-state index in [1.807, 2.05) is 42.5 Å². The Morgan fingerprint density at radius 3 is 2.73 bits per heavy atom. The third-order valence-corrected chi connectivity index (χ3v) is 5.90. The number of anilines is 1. The van der Waals surface area contributed by atoms with Crippen LogP contribution >= 0.6 is 11.6 Å². The molecule has 1 unspecified atom stereocenters. The van der Waals surface area contributed by atoms with Crippen LogP contribution in [0.25, 0.3) is 5.70 Å². The summed E-state index contributed by atoms with van der Waals surface area (Å²) in [7, 11) is 0. The molecule has 0 aliphatic carbocycles. The Bertz CT molecular complexity index is 1190. The van der Waals surface area contributed by atoms with Crippen LogP contribution < -0.4 is 9.64 Å². The van der Waals surface area contributed by atoms with Crippen molar-refractivity contribution in [2.24, 2.45) is 0 Å². The minimum absolute atomic E-state index is 0.206. The van der Waals surface area contributed by atoms with Gasteiger partial charge in [-0.05, 0) is 62.7 Å². The summed E-state index contributed by atoms with van der Waals surface area (Å²) in [6.07, 6.45) is 3.03. The third-order valence-electron chi connectivity index (χ3n) is 5.55. The number of rotatable bonds is 7. The lowest BCUT2D eigenvalue weighted by molar-refractivity contribution is 0.0526. The molecule has 0 saturated carbocycles. The summed E-state index contributed by atoms with van der Waals surface area (Å²) in [6.45, 7) is 4.48. The van der Waals surface area contributed by atoms with Crippen LogP contribution in [-0.2, 0) is 11.3 Å². The van der Waals surface area contributed by atoms with Crippen LogP contribution in [0, 0.1) is 5.82 Å². The predicted molar refractivity (Wildman–Crippen MR) is 129 cm³/mol. The van der Waals surface area contributed by atoms with Gasteiger partial charge >= 0.3 is 5.97 Å². The molecule has 1 aliphatic heterocycles. The van der Waals surface area contributed by atoms with Crippen LogP contribution in [-0.4, -0.2) is 18.6 Å². The van der Waals surface area contributed by atoms with Crippen molar-refractivity contribution in [1.82, 2.24) is 0 Å². The van der Waals surface area contributed by atoms with E-state index >= 15 is 0 Å². The molecule has 4 nitrogen and oxygen atoms in total. The Morgan fingerprint density at radius 1 is 1.12 bits per heavy atom. The molecule has 3 aromatic rings. The van der Waals surface area contributed by atoms with Crippen molar-refractivity contribution in [3.8, 4) is 5.75 Å². The molecule has 1 atom stereocenters. The van der Waals surface area contributed by atoms with Crippen LogP contribution in [0.4, 0.5) is 10.1 Å². The molecular formula is C27H25ClFNO3. The maximum absolute atomic E-state index is 13.4. The zero-order valence-electron chi connectivity index (χ0n) is 18.6. The van der Waals surface area contributed by atoms with Gasteiger partial charge in [0.2, 0.25) is 0 Å². The van der Waals surface area contributed by atoms with Crippen molar-refractivity contribution in [3.05, 3.63) is 100 Å². The molecule has 0 bridgehead atoms. The average molecular weight is 466 g/mol. The second kappa shape index (κ2) is 10.1. The van der Waals surface area contributed by atoms with E-state index in [2.05, 4.69) is 17.9 Å². The van der Waals surface area contributed by atoms with Gasteiger partial charge in [0, 0.05) is 28.6 Å². The Kier molecular flexibility index (Phi) is 6.99. The first-order valence-corrected chi connectivity index (χ1v) is 11.3. The lowest BCUT2D eigenvalue weighted by Gasteiger charge is -2.29. The molecule has 0 aromatic heterocycles. The zero-order valence-corrected chi connectivity index (χ0v) is 19.3. The highest BCUT2D eigenvalue weighted by Crippen LogP contribution is 2.39. The van der Waals surface area contributed by atoms with Gasteiger partial charge in [-0.2, -0.15) is 0 Å². The van der Waals surface area contributed by atoms with Crippen molar-refractivity contribution in [2.75, 3.05) is 11.5 Å². The van der Waals surface area contributed by atoms with Crippen molar-refractivity contribution >= 4 is 29.0 Å². The molecule has 0 spiro atoms. The first-order chi connectivity index (χ1) is 16.0. The lowest BCUT2D eigenvalue weighted by Crippen LogP contribution is -2.27. The van der Waals surface area contributed by atoms with Crippen LogP contribution in [0.3, 0.4) is 0 Å². The summed E-state index contributed by atoms with van der Waals surface area (Å²) < 4.78 is 24.7. The van der Waals surface area contributed by atoms with Crippen molar-refractivity contribution in [3.63, 3.8) is 0 Å². The van der Waals surface area contributed by atoms with Gasteiger partial charge in [-0.25, -0.2) is 9.18 Å². The standard InChI is InChI=1S/C27H25ClFNO3/c1-3-32-27(31)19-7-6-8-22(15-19)30-18(2)11-14-25(30)23-9-4-5-10-26(23)33-17-20-12-13-21(29)16-24(20)28/h4-10,12-16,18H,3,11,17H2,1-2H3. The van der Waals surface area contributed by atoms with Gasteiger partial charge in [0.05, 0.1) is 17.2 Å². The number of para-hydroxylation sites is 1. The Hall–Kier alpha value is -3.31. The fraction of sp³-hybridized carbons (Fsp3) is 0.222. The molecule has 0 saturated heterocycles. The fourth-order valence-corrected chi connectivity index (χ4v) is 4.17. The predicted octanol–water partition coefficient (Wildman–Crippen LogP) is 6.87. The van der Waals surface area contributed by atoms with Crippen LogP contribution in [0.15, 0.2) is 72.8 Å². The monoisotopic (exact) mass is 465 g/mol. The van der Waals surface area contributed by atoms with Crippen molar-refractivity contribution < 1.29 is 18.7 Å². The second-order valence-electron chi connectivity index (χ2n) is 7.84. The van der Waals surface area contributed by atoms with E-state index in [4.69, 9.17) is 21.1 Å². The summed E-state index contributed by atoms with van der Waals surface area (Å²) in [5, 5.41) is 0.332. The largest absolute Gasteiger partial charge is 0.488 e. The summed E-state index contributed by atoms with van der Waals surface area (Å²) in [5.41, 5.74) is 4.07. The molecule has 4 rings (SSSR count). The van der Waals surface area contributed by atoms with Crippen LogP contribution in [0.5, 0.6) is 5.75 Å². The molecule has 1 heterocycles. The van der Waals surface area contributed by atoms with Gasteiger partial charge in [-0.1, -0.05) is 41.9 Å². The number of hydrogen-bond acceptors (Lipinski definition) is 4. The Morgan fingerprint density at radius 2 is 1.94 bits per heavy atom. The maximum Gasteiger partial charge on any atom is 0.338 e. The fourth-order valence-electron chi connectivity index (χ4n) is 3.95. The van der Waals surface area contributed by atoms with E-state index in [9.17, 15) is 9.18 Å². The van der Waals surface area contributed by atoms with E-state index in [0.717, 1.165) is 23.4 Å². The maximum atomic E-state index is 13.4. The number of hydrogen-bond donors (Lipinski definition) is 0. The zero-order chi connectivity index (χ0) is 23.4. The molecule has 33 heavy (non-hydrogen) atoms. The molecule has 0 N–H and O–H groups in total. The average Bonchev–Trinajstić information content (AvgIpc) is 3.20. The smallest absolute Gasteiger partial charge is 0.338 e. The summed E-state index contributed by atoms with van der Waals surface area (Å²) in [4.78, 5) is 14.5. The van der Waals surface area contributed by atoms with Crippen LogP contribution in [0.1, 0.15) is 41.8 Å². The minimum atomic E-state index is -0.380. The normalized spacial score (nSPS) is 15.3. The molecule has 0 amide bonds. The minimum Gasteiger partial charge on any atom is -0.488 e. The number of carbonyl (C=O) groups is 1. The van der Waals surface area contributed by atoms with Gasteiger partial charge in [0.1, 0.15) is 18.2 Å².